The number of nitrogens with zero attached hydrogens (tertiary/aromatic N) is 4. The highest BCUT2D eigenvalue weighted by Crippen LogP contribution is 2.30. The van der Waals surface area contributed by atoms with E-state index in [1.807, 2.05) is 18.2 Å². The van der Waals surface area contributed by atoms with Crippen LogP contribution in [0.3, 0.4) is 0 Å². The normalized spacial score (nSPS) is 10.7. The van der Waals surface area contributed by atoms with Crippen LogP contribution in [0.25, 0.3) is 0 Å². The number of nitrogens with two attached hydrogens (primary N) is 1. The smallest absolute Gasteiger partial charge is 0.201 e. The average Bonchev–Trinajstić information content (AvgIpc) is 2.50. The number of para-hydroxylation sites is 1. The molecule has 0 saturated carbocycles. The van der Waals surface area contributed by atoms with Gasteiger partial charge in [-0.3, -0.25) is 10.8 Å². The summed E-state index contributed by atoms with van der Waals surface area (Å²) in [6.45, 7) is 0. The lowest BCUT2D eigenvalue weighted by atomic mass is 10.3. The Hall–Kier alpha value is -2.92. The van der Waals surface area contributed by atoms with Gasteiger partial charge in [0, 0.05) is 17.3 Å². The second-order valence-corrected chi connectivity index (χ2v) is 4.74. The number of hydrazone groups is 1. The monoisotopic (exact) mass is 297 g/mol. The van der Waals surface area contributed by atoms with Crippen LogP contribution in [0.5, 0.6) is 0 Å². The van der Waals surface area contributed by atoms with E-state index in [1.165, 1.54) is 11.8 Å². The van der Waals surface area contributed by atoms with Gasteiger partial charge < -0.3 is 5.73 Å². The Kier molecular flexibility index (Phi) is 4.84. The summed E-state index contributed by atoms with van der Waals surface area (Å²) >= 11 is 1.36. The molecule has 0 unspecified atom stereocenters. The quantitative estimate of drug-likeness (QED) is 0.335. The molecule has 1 heterocycles. The predicted octanol–water partition coefficient (Wildman–Crippen LogP) is 1.86. The lowest BCUT2D eigenvalue weighted by Gasteiger charge is -2.07. The first-order chi connectivity index (χ1) is 10.2. The van der Waals surface area contributed by atoms with E-state index < -0.39 is 0 Å². The highest BCUT2D eigenvalue weighted by molar-refractivity contribution is 7.99. The summed E-state index contributed by atoms with van der Waals surface area (Å²) in [5.41, 5.74) is 8.47. The van der Waals surface area contributed by atoms with Crippen molar-refractivity contribution in [2.75, 3.05) is 5.43 Å². The third-order valence-electron chi connectivity index (χ3n) is 2.28. The molecule has 0 saturated heterocycles. The SMILES string of the molecule is N#C/C(=N\Nc1ccccc1Sc1ncccn1)C(=N)N. The fourth-order valence-electron chi connectivity index (χ4n) is 1.35. The number of rotatable bonds is 5. The summed E-state index contributed by atoms with van der Waals surface area (Å²) in [6, 6.07) is 10.9. The minimum absolute atomic E-state index is 0.175. The topological polar surface area (TPSA) is 124 Å². The van der Waals surface area contributed by atoms with Gasteiger partial charge >= 0.3 is 0 Å². The molecular weight excluding hydrogens is 286 g/mol. The second-order valence-electron chi connectivity index (χ2n) is 3.73. The van der Waals surface area contributed by atoms with Crippen molar-refractivity contribution >= 4 is 29.0 Å². The van der Waals surface area contributed by atoms with E-state index in [1.54, 1.807) is 30.6 Å². The number of nitriles is 1. The molecule has 2 aromatic rings. The molecule has 0 spiro atoms. The van der Waals surface area contributed by atoms with Crippen LogP contribution in [0.15, 0.2) is 57.9 Å². The largest absolute Gasteiger partial charge is 0.382 e. The van der Waals surface area contributed by atoms with Crippen LogP contribution >= 0.6 is 11.8 Å². The molecule has 0 aliphatic rings. The van der Waals surface area contributed by atoms with Crippen molar-refractivity contribution in [3.05, 3.63) is 42.7 Å². The van der Waals surface area contributed by atoms with Crippen molar-refractivity contribution < 1.29 is 0 Å². The summed E-state index contributed by atoms with van der Waals surface area (Å²) < 4.78 is 0. The Balaban J connectivity index is 2.22. The number of aromatic nitrogens is 2. The van der Waals surface area contributed by atoms with E-state index in [4.69, 9.17) is 16.4 Å². The molecule has 4 N–H and O–H groups in total. The van der Waals surface area contributed by atoms with Crippen LogP contribution in [0.4, 0.5) is 5.69 Å². The van der Waals surface area contributed by atoms with Crippen molar-refractivity contribution in [3.8, 4) is 6.07 Å². The predicted molar refractivity (Wildman–Crippen MR) is 81.2 cm³/mol. The van der Waals surface area contributed by atoms with Gasteiger partial charge in [-0.2, -0.15) is 10.4 Å². The highest BCUT2D eigenvalue weighted by atomic mass is 32.2. The Labute approximate surface area is 125 Å². The van der Waals surface area contributed by atoms with E-state index in [-0.39, 0.29) is 11.5 Å². The van der Waals surface area contributed by atoms with Crippen LogP contribution < -0.4 is 11.2 Å². The van der Waals surface area contributed by atoms with E-state index in [9.17, 15) is 0 Å². The minimum Gasteiger partial charge on any atom is -0.382 e. The second kappa shape index (κ2) is 7.02. The molecule has 0 aliphatic heterocycles. The van der Waals surface area contributed by atoms with Crippen molar-refractivity contribution in [2.45, 2.75) is 10.1 Å². The fourth-order valence-corrected chi connectivity index (χ4v) is 2.14. The molecule has 1 aromatic carbocycles. The van der Waals surface area contributed by atoms with Crippen LogP contribution in [-0.4, -0.2) is 21.5 Å². The number of benzene rings is 1. The van der Waals surface area contributed by atoms with E-state index >= 15 is 0 Å². The third-order valence-corrected chi connectivity index (χ3v) is 3.25. The van der Waals surface area contributed by atoms with Gasteiger partial charge in [0.1, 0.15) is 6.07 Å². The van der Waals surface area contributed by atoms with E-state index in [2.05, 4.69) is 20.5 Å². The standard InChI is InChI=1S/C13H11N7S/c14-8-10(12(15)16)20-19-9-4-1-2-5-11(9)21-13-17-6-3-7-18-13/h1-7,19H,(H3,15,16)/b20-10+. The number of hydrogen-bond donors (Lipinski definition) is 3. The lowest BCUT2D eigenvalue weighted by Crippen LogP contribution is -2.21. The molecule has 104 valence electrons. The van der Waals surface area contributed by atoms with Gasteiger partial charge in [-0.25, -0.2) is 9.97 Å². The van der Waals surface area contributed by atoms with Crippen molar-refractivity contribution in [1.82, 2.24) is 9.97 Å². The molecule has 0 amide bonds. The first kappa shape index (κ1) is 14.5. The van der Waals surface area contributed by atoms with Crippen molar-refractivity contribution in [3.63, 3.8) is 0 Å². The zero-order chi connectivity index (χ0) is 15.1. The molecular formula is C13H11N7S. The molecule has 2 rings (SSSR count). The summed E-state index contributed by atoms with van der Waals surface area (Å²) in [6.07, 6.45) is 3.32. The van der Waals surface area contributed by atoms with Gasteiger partial charge in [0.2, 0.25) is 5.71 Å². The van der Waals surface area contributed by atoms with Crippen LogP contribution in [0, 0.1) is 16.7 Å². The highest BCUT2D eigenvalue weighted by Gasteiger charge is 2.06. The fraction of sp³-hybridized carbons (Fsp3) is 0. The van der Waals surface area contributed by atoms with Gasteiger partial charge in [0.25, 0.3) is 0 Å². The Bertz CT molecular complexity index is 706. The van der Waals surface area contributed by atoms with E-state index in [0.717, 1.165) is 4.90 Å². The Morgan fingerprint density at radius 2 is 2.00 bits per heavy atom. The Morgan fingerprint density at radius 1 is 1.29 bits per heavy atom. The maximum atomic E-state index is 8.81. The van der Waals surface area contributed by atoms with Crippen LogP contribution in [0.1, 0.15) is 0 Å². The molecule has 0 atom stereocenters. The van der Waals surface area contributed by atoms with Gasteiger partial charge in [-0.1, -0.05) is 12.1 Å². The molecule has 1 aromatic heterocycles. The average molecular weight is 297 g/mol. The lowest BCUT2D eigenvalue weighted by molar-refractivity contribution is 0.967. The molecule has 0 radical (unpaired) electrons. The maximum Gasteiger partial charge on any atom is 0.201 e. The first-order valence-corrected chi connectivity index (χ1v) is 6.64. The van der Waals surface area contributed by atoms with E-state index in [0.29, 0.717) is 10.8 Å². The number of amidine groups is 1. The third kappa shape index (κ3) is 4.02. The molecule has 0 aliphatic carbocycles. The van der Waals surface area contributed by atoms with Gasteiger partial charge in [-0.05, 0) is 30.0 Å². The first-order valence-electron chi connectivity index (χ1n) is 5.83. The summed E-state index contributed by atoms with van der Waals surface area (Å²) in [7, 11) is 0. The summed E-state index contributed by atoms with van der Waals surface area (Å²) in [5.74, 6) is -0.387. The molecule has 0 fully saturated rings. The molecule has 0 bridgehead atoms. The number of nitrogens with one attached hydrogen (secondary N) is 2. The zero-order valence-corrected chi connectivity index (χ0v) is 11.6. The molecule has 7 nitrogen and oxygen atoms in total. The maximum absolute atomic E-state index is 8.81. The van der Waals surface area contributed by atoms with Gasteiger partial charge in [-0.15, -0.1) is 0 Å². The van der Waals surface area contributed by atoms with Crippen LogP contribution in [0.2, 0.25) is 0 Å². The van der Waals surface area contributed by atoms with Crippen molar-refractivity contribution in [1.29, 1.82) is 10.7 Å². The summed E-state index contributed by atoms with van der Waals surface area (Å²) in [5, 5.41) is 20.4. The van der Waals surface area contributed by atoms with Gasteiger partial charge in [0.05, 0.1) is 5.69 Å². The molecule has 21 heavy (non-hydrogen) atoms. The number of anilines is 1. The zero-order valence-electron chi connectivity index (χ0n) is 10.8. The molecule has 8 heteroatoms. The Morgan fingerprint density at radius 3 is 2.67 bits per heavy atom. The van der Waals surface area contributed by atoms with Gasteiger partial charge in [0.15, 0.2) is 11.0 Å². The summed E-state index contributed by atoms with van der Waals surface area (Å²) in [4.78, 5) is 9.11. The number of hydrogen-bond acceptors (Lipinski definition) is 7. The van der Waals surface area contributed by atoms with Crippen molar-refractivity contribution in [2.24, 2.45) is 10.8 Å². The minimum atomic E-state index is -0.387. The van der Waals surface area contributed by atoms with Crippen LogP contribution in [-0.2, 0) is 0 Å².